The molecule has 0 aliphatic rings. The molecule has 0 atom stereocenters. The summed E-state index contributed by atoms with van der Waals surface area (Å²) < 4.78 is 0. The third kappa shape index (κ3) is 1.75. The van der Waals surface area contributed by atoms with Crippen molar-refractivity contribution in [2.75, 3.05) is 5.32 Å². The van der Waals surface area contributed by atoms with Gasteiger partial charge in [-0.1, -0.05) is 13.0 Å². The van der Waals surface area contributed by atoms with Crippen molar-refractivity contribution in [2.45, 2.75) is 13.3 Å². The molecule has 12 heavy (non-hydrogen) atoms. The number of anilines is 1. The van der Waals surface area contributed by atoms with Crippen LogP contribution in [0.15, 0.2) is 18.2 Å². The van der Waals surface area contributed by atoms with Crippen LogP contribution in [-0.2, 0) is 11.2 Å². The normalized spacial score (nSPS) is 9.42. The van der Waals surface area contributed by atoms with Gasteiger partial charge in [0.05, 0.1) is 5.69 Å². The van der Waals surface area contributed by atoms with Crippen LogP contribution < -0.4 is 5.32 Å². The Morgan fingerprint density at radius 1 is 1.58 bits per heavy atom. The van der Waals surface area contributed by atoms with Crippen LogP contribution in [0.3, 0.4) is 0 Å². The molecule has 2 N–H and O–H groups in total. The lowest BCUT2D eigenvalue weighted by Gasteiger charge is -2.03. The average molecular weight is 165 g/mol. The third-order valence-electron chi connectivity index (χ3n) is 1.68. The van der Waals surface area contributed by atoms with Crippen LogP contribution in [-0.4, -0.2) is 11.5 Å². The Balaban J connectivity index is 2.99. The van der Waals surface area contributed by atoms with Gasteiger partial charge >= 0.3 is 0 Å². The number of nitrogens with one attached hydrogen (secondary N) is 1. The fraction of sp³-hybridized carbons (Fsp3) is 0.222. The van der Waals surface area contributed by atoms with E-state index in [1.54, 1.807) is 12.1 Å². The summed E-state index contributed by atoms with van der Waals surface area (Å²) in [5.74, 6) is 0.0966. The summed E-state index contributed by atoms with van der Waals surface area (Å²) in [6.07, 6.45) is 1.43. The highest BCUT2D eigenvalue weighted by Crippen LogP contribution is 2.23. The molecular formula is C9H11NO2. The summed E-state index contributed by atoms with van der Waals surface area (Å²) in [5, 5.41) is 11.7. The molecule has 0 spiro atoms. The van der Waals surface area contributed by atoms with E-state index in [0.29, 0.717) is 12.1 Å². The monoisotopic (exact) mass is 165 g/mol. The van der Waals surface area contributed by atoms with Gasteiger partial charge in [0.15, 0.2) is 0 Å². The maximum absolute atomic E-state index is 10.1. The quantitative estimate of drug-likeness (QED) is 0.527. The minimum absolute atomic E-state index is 0.0966. The Bertz CT molecular complexity index is 284. The molecule has 1 rings (SSSR count). The molecule has 1 aromatic carbocycles. The van der Waals surface area contributed by atoms with Crippen LogP contribution in [0.2, 0.25) is 0 Å². The summed E-state index contributed by atoms with van der Waals surface area (Å²) >= 11 is 0. The first kappa shape index (κ1) is 8.59. The first-order chi connectivity index (χ1) is 5.77. The van der Waals surface area contributed by atoms with Gasteiger partial charge in [-0.3, -0.25) is 4.79 Å². The number of aryl methyl sites for hydroxylation is 1. The van der Waals surface area contributed by atoms with E-state index in [2.05, 4.69) is 5.32 Å². The van der Waals surface area contributed by atoms with Crippen LogP contribution in [0.1, 0.15) is 12.5 Å². The third-order valence-corrected chi connectivity index (χ3v) is 1.68. The van der Waals surface area contributed by atoms with Gasteiger partial charge in [-0.25, -0.2) is 0 Å². The number of aromatic hydroxyl groups is 1. The van der Waals surface area contributed by atoms with E-state index in [1.807, 2.05) is 13.0 Å². The van der Waals surface area contributed by atoms with Crippen molar-refractivity contribution in [3.05, 3.63) is 23.8 Å². The fourth-order valence-corrected chi connectivity index (χ4v) is 0.982. The van der Waals surface area contributed by atoms with E-state index in [1.165, 1.54) is 0 Å². The number of benzene rings is 1. The second-order valence-corrected chi connectivity index (χ2v) is 2.47. The zero-order valence-electron chi connectivity index (χ0n) is 6.87. The minimum atomic E-state index is 0.0966. The Morgan fingerprint density at radius 2 is 2.33 bits per heavy atom. The minimum Gasteiger partial charge on any atom is -0.506 e. The summed E-state index contributed by atoms with van der Waals surface area (Å²) in [6.45, 7) is 2.01. The second kappa shape index (κ2) is 3.76. The Morgan fingerprint density at radius 3 is 2.92 bits per heavy atom. The van der Waals surface area contributed by atoms with E-state index in [4.69, 9.17) is 0 Å². The number of phenols is 1. The Labute approximate surface area is 71.0 Å². The molecule has 0 bridgehead atoms. The molecule has 1 amide bonds. The van der Waals surface area contributed by atoms with Gasteiger partial charge in [-0.05, 0) is 24.1 Å². The number of hydrogen-bond acceptors (Lipinski definition) is 2. The number of amides is 1. The number of carbonyl (C=O) groups is 1. The predicted octanol–water partition coefficient (Wildman–Crippen LogP) is 1.52. The Hall–Kier alpha value is -1.51. The van der Waals surface area contributed by atoms with Crippen molar-refractivity contribution in [3.63, 3.8) is 0 Å². The zero-order valence-corrected chi connectivity index (χ0v) is 6.87. The standard InChI is InChI=1S/C9H11NO2/c1-2-7-3-4-9(12)8(5-7)10-6-11/h3-6,12H,2H2,1H3,(H,10,11). The molecule has 0 saturated carbocycles. The summed E-state index contributed by atoms with van der Waals surface area (Å²) in [6, 6.07) is 5.15. The van der Waals surface area contributed by atoms with Gasteiger partial charge < -0.3 is 10.4 Å². The maximum Gasteiger partial charge on any atom is 0.211 e. The van der Waals surface area contributed by atoms with Crippen molar-refractivity contribution >= 4 is 12.1 Å². The lowest BCUT2D eigenvalue weighted by molar-refractivity contribution is -0.105. The molecule has 0 aromatic heterocycles. The SMILES string of the molecule is CCc1ccc(O)c(NC=O)c1. The first-order valence-corrected chi connectivity index (χ1v) is 3.80. The molecule has 3 heteroatoms. The van der Waals surface area contributed by atoms with E-state index < -0.39 is 0 Å². The van der Waals surface area contributed by atoms with Crippen LogP contribution in [0.5, 0.6) is 5.75 Å². The molecule has 0 saturated heterocycles. The van der Waals surface area contributed by atoms with Gasteiger partial charge in [0.2, 0.25) is 6.41 Å². The molecule has 3 nitrogen and oxygen atoms in total. The lowest BCUT2D eigenvalue weighted by Crippen LogP contribution is -1.94. The van der Waals surface area contributed by atoms with Gasteiger partial charge in [0.1, 0.15) is 5.75 Å². The highest BCUT2D eigenvalue weighted by atomic mass is 16.3. The van der Waals surface area contributed by atoms with E-state index in [0.717, 1.165) is 12.0 Å². The van der Waals surface area contributed by atoms with Gasteiger partial charge in [0.25, 0.3) is 0 Å². The van der Waals surface area contributed by atoms with Crippen LogP contribution in [0.25, 0.3) is 0 Å². The molecular weight excluding hydrogens is 154 g/mol. The van der Waals surface area contributed by atoms with E-state index in [9.17, 15) is 9.90 Å². The molecule has 0 unspecified atom stereocenters. The molecule has 0 fully saturated rings. The summed E-state index contributed by atoms with van der Waals surface area (Å²) in [4.78, 5) is 10.1. The molecule has 1 aromatic rings. The van der Waals surface area contributed by atoms with Crippen LogP contribution >= 0.6 is 0 Å². The highest BCUT2D eigenvalue weighted by Gasteiger charge is 1.99. The van der Waals surface area contributed by atoms with Crippen molar-refractivity contribution < 1.29 is 9.90 Å². The average Bonchev–Trinajstić information content (AvgIpc) is 2.09. The molecule has 0 aliphatic heterocycles. The number of phenolic OH excluding ortho intramolecular Hbond substituents is 1. The molecule has 0 heterocycles. The molecule has 64 valence electrons. The topological polar surface area (TPSA) is 49.3 Å². The largest absolute Gasteiger partial charge is 0.506 e. The maximum atomic E-state index is 10.1. The number of rotatable bonds is 3. The molecule has 0 aliphatic carbocycles. The first-order valence-electron chi connectivity index (χ1n) is 3.80. The summed E-state index contributed by atoms with van der Waals surface area (Å²) in [7, 11) is 0. The van der Waals surface area contributed by atoms with Crippen molar-refractivity contribution in [1.29, 1.82) is 0 Å². The molecule has 0 radical (unpaired) electrons. The van der Waals surface area contributed by atoms with E-state index >= 15 is 0 Å². The van der Waals surface area contributed by atoms with Crippen molar-refractivity contribution in [2.24, 2.45) is 0 Å². The predicted molar refractivity (Wildman–Crippen MR) is 47.2 cm³/mol. The Kier molecular flexibility index (Phi) is 2.69. The smallest absolute Gasteiger partial charge is 0.211 e. The number of hydrogen-bond donors (Lipinski definition) is 2. The van der Waals surface area contributed by atoms with Gasteiger partial charge in [0, 0.05) is 0 Å². The number of carbonyl (C=O) groups excluding carboxylic acids is 1. The van der Waals surface area contributed by atoms with Gasteiger partial charge in [-0.15, -0.1) is 0 Å². The van der Waals surface area contributed by atoms with Gasteiger partial charge in [-0.2, -0.15) is 0 Å². The second-order valence-electron chi connectivity index (χ2n) is 2.47. The van der Waals surface area contributed by atoms with Crippen LogP contribution in [0.4, 0.5) is 5.69 Å². The van der Waals surface area contributed by atoms with E-state index in [-0.39, 0.29) is 5.75 Å². The van der Waals surface area contributed by atoms with Crippen LogP contribution in [0, 0.1) is 0 Å². The summed E-state index contributed by atoms with van der Waals surface area (Å²) in [5.41, 5.74) is 1.54. The lowest BCUT2D eigenvalue weighted by atomic mass is 10.1. The zero-order chi connectivity index (χ0) is 8.97. The van der Waals surface area contributed by atoms with Crippen molar-refractivity contribution in [3.8, 4) is 5.75 Å². The van der Waals surface area contributed by atoms with Crippen molar-refractivity contribution in [1.82, 2.24) is 0 Å². The highest BCUT2D eigenvalue weighted by molar-refractivity contribution is 5.75. The fourth-order valence-electron chi connectivity index (χ4n) is 0.982.